The van der Waals surface area contributed by atoms with Crippen molar-refractivity contribution in [3.63, 3.8) is 0 Å². The van der Waals surface area contributed by atoms with Gasteiger partial charge in [0.1, 0.15) is 11.6 Å². The third kappa shape index (κ3) is 7.27. The number of ether oxygens (including phenoxy) is 1. The minimum Gasteiger partial charge on any atom is -0.383 e. The molecule has 0 spiro atoms. The molecule has 0 aromatic heterocycles. The minimum absolute atomic E-state index is 0.0519. The van der Waals surface area contributed by atoms with E-state index in [1.54, 1.807) is 41.5 Å². The van der Waals surface area contributed by atoms with Gasteiger partial charge in [-0.15, -0.1) is 0 Å². The van der Waals surface area contributed by atoms with Crippen molar-refractivity contribution in [1.29, 1.82) is 0 Å². The Labute approximate surface area is 246 Å². The summed E-state index contributed by atoms with van der Waals surface area (Å²) >= 11 is -0.296. The van der Waals surface area contributed by atoms with Gasteiger partial charge in [0.2, 0.25) is 0 Å². The van der Waals surface area contributed by atoms with Crippen LogP contribution in [0.2, 0.25) is 0 Å². The lowest BCUT2D eigenvalue weighted by Gasteiger charge is -2.36. The summed E-state index contributed by atoms with van der Waals surface area (Å²) in [5.74, 6) is -6.05. The van der Waals surface area contributed by atoms with Gasteiger partial charge in [0.25, 0.3) is 0 Å². The largest absolute Gasteiger partial charge is 0.396 e. The van der Waals surface area contributed by atoms with Crippen LogP contribution in [0.15, 0.2) is 36.4 Å². The Bertz CT molecular complexity index is 1130. The van der Waals surface area contributed by atoms with Crippen LogP contribution in [0.5, 0.6) is 0 Å². The van der Waals surface area contributed by atoms with Crippen molar-refractivity contribution in [2.75, 3.05) is 0 Å². The van der Waals surface area contributed by atoms with Gasteiger partial charge in [-0.1, -0.05) is 89.3 Å². The SMILES string of the molecule is CCc1c(F)cccc1C(CC)(CC)SC(F)(F)C(=O)OC(=O)C(F)(F)SC(CC)(CC)c1cccc(F)c1CC. The average Bonchev–Trinajstić information content (AvgIpc) is 2.94. The molecule has 41 heavy (non-hydrogen) atoms. The molecule has 0 amide bonds. The van der Waals surface area contributed by atoms with E-state index in [-0.39, 0.29) is 84.3 Å². The van der Waals surface area contributed by atoms with Crippen molar-refractivity contribution in [2.24, 2.45) is 0 Å². The number of alkyl halides is 4. The molecule has 3 nitrogen and oxygen atoms in total. The Balaban J connectivity index is 2.37. The lowest BCUT2D eigenvalue weighted by atomic mass is 9.88. The molecule has 0 bridgehead atoms. The van der Waals surface area contributed by atoms with Crippen LogP contribution in [-0.2, 0) is 36.7 Å². The van der Waals surface area contributed by atoms with Crippen molar-refractivity contribution >= 4 is 35.5 Å². The number of hydrogen-bond donors (Lipinski definition) is 0. The fourth-order valence-corrected chi connectivity index (χ4v) is 7.54. The first-order valence-corrected chi connectivity index (χ1v) is 15.3. The van der Waals surface area contributed by atoms with Gasteiger partial charge in [-0.05, 0) is 72.9 Å². The third-order valence-electron chi connectivity index (χ3n) is 7.52. The Morgan fingerprint density at radius 1 is 0.634 bits per heavy atom. The van der Waals surface area contributed by atoms with E-state index in [1.807, 2.05) is 0 Å². The molecule has 0 radical (unpaired) electrons. The summed E-state index contributed by atoms with van der Waals surface area (Å²) < 4.78 is 91.3. The molecule has 0 saturated heterocycles. The van der Waals surface area contributed by atoms with E-state index in [2.05, 4.69) is 4.74 Å². The normalized spacial score (nSPS) is 12.9. The second-order valence-electron chi connectivity index (χ2n) is 9.56. The molecule has 0 unspecified atom stereocenters. The maximum atomic E-state index is 15.3. The molecule has 228 valence electrons. The number of thioether (sulfide) groups is 2. The highest BCUT2D eigenvalue weighted by Gasteiger charge is 2.55. The Morgan fingerprint density at radius 3 is 1.22 bits per heavy atom. The molecule has 0 N–H and O–H groups in total. The fourth-order valence-electron chi connectivity index (χ4n) is 5.13. The topological polar surface area (TPSA) is 43.4 Å². The van der Waals surface area contributed by atoms with Crippen LogP contribution in [0.1, 0.15) is 89.5 Å². The first-order valence-electron chi connectivity index (χ1n) is 13.6. The molecular formula is C30H36F6O3S2. The van der Waals surface area contributed by atoms with E-state index in [1.165, 1.54) is 36.4 Å². The van der Waals surface area contributed by atoms with Crippen molar-refractivity contribution < 1.29 is 40.7 Å². The molecule has 2 rings (SSSR count). The summed E-state index contributed by atoms with van der Waals surface area (Å²) in [6.45, 7) is 9.67. The summed E-state index contributed by atoms with van der Waals surface area (Å²) in [7, 11) is 0. The number of esters is 2. The zero-order valence-corrected chi connectivity index (χ0v) is 25.6. The average molecular weight is 623 g/mol. The number of rotatable bonds is 14. The van der Waals surface area contributed by atoms with Gasteiger partial charge in [-0.25, -0.2) is 18.4 Å². The molecule has 0 saturated carbocycles. The van der Waals surface area contributed by atoms with E-state index in [0.29, 0.717) is 0 Å². The van der Waals surface area contributed by atoms with Crippen LogP contribution < -0.4 is 0 Å². The lowest BCUT2D eigenvalue weighted by Crippen LogP contribution is -2.40. The third-order valence-corrected chi connectivity index (χ3v) is 10.7. The van der Waals surface area contributed by atoms with E-state index in [4.69, 9.17) is 0 Å². The van der Waals surface area contributed by atoms with E-state index in [9.17, 15) is 18.4 Å². The zero-order valence-electron chi connectivity index (χ0n) is 24.0. The molecule has 2 aromatic carbocycles. The van der Waals surface area contributed by atoms with Gasteiger partial charge in [-0.3, -0.25) is 0 Å². The molecule has 0 fully saturated rings. The lowest BCUT2D eigenvalue weighted by molar-refractivity contribution is -0.179. The summed E-state index contributed by atoms with van der Waals surface area (Å²) in [5, 5.41) is -8.82. The first kappa shape index (κ1) is 35.1. The zero-order chi connectivity index (χ0) is 31.2. The van der Waals surface area contributed by atoms with Gasteiger partial charge in [-0.2, -0.15) is 17.6 Å². The van der Waals surface area contributed by atoms with Crippen LogP contribution in [0.4, 0.5) is 26.3 Å². The van der Waals surface area contributed by atoms with Gasteiger partial charge in [0.05, 0.1) is 0 Å². The second kappa shape index (κ2) is 13.9. The van der Waals surface area contributed by atoms with Gasteiger partial charge in [0.15, 0.2) is 0 Å². The quantitative estimate of drug-likeness (QED) is 0.119. The molecule has 0 aliphatic rings. The van der Waals surface area contributed by atoms with Crippen molar-refractivity contribution in [3.05, 3.63) is 70.3 Å². The van der Waals surface area contributed by atoms with Gasteiger partial charge >= 0.3 is 22.4 Å². The van der Waals surface area contributed by atoms with Gasteiger partial charge < -0.3 is 4.74 Å². The first-order chi connectivity index (χ1) is 19.1. The van der Waals surface area contributed by atoms with Gasteiger partial charge in [0, 0.05) is 9.49 Å². The van der Waals surface area contributed by atoms with Crippen LogP contribution in [-0.4, -0.2) is 22.4 Å². The molecule has 2 aromatic rings. The Hall–Kier alpha value is -2.14. The van der Waals surface area contributed by atoms with E-state index in [0.717, 1.165) is 0 Å². The molecule has 0 aliphatic heterocycles. The highest BCUT2D eigenvalue weighted by molar-refractivity contribution is 8.02. The smallest absolute Gasteiger partial charge is 0.383 e. The number of carbonyl (C=O) groups is 2. The molecule has 0 aliphatic carbocycles. The molecule has 0 atom stereocenters. The highest BCUT2D eigenvalue weighted by Crippen LogP contribution is 2.54. The minimum atomic E-state index is -4.41. The fraction of sp³-hybridized carbons (Fsp3) is 0.533. The van der Waals surface area contributed by atoms with Crippen LogP contribution >= 0.6 is 23.5 Å². The van der Waals surface area contributed by atoms with Crippen LogP contribution in [0.25, 0.3) is 0 Å². The summed E-state index contributed by atoms with van der Waals surface area (Å²) in [5.41, 5.74) is 0.914. The van der Waals surface area contributed by atoms with Crippen LogP contribution in [0, 0.1) is 11.6 Å². The van der Waals surface area contributed by atoms with Crippen molar-refractivity contribution in [3.8, 4) is 0 Å². The number of carbonyl (C=O) groups excluding carboxylic acids is 2. The standard InChI is InChI=1S/C30H36F6O3S2/c1-7-19-21(15-13-17-23(19)31)27(9-3,10-4)40-29(33,34)25(37)39-26(38)30(35,36)41-28(11-5,12-6)22-16-14-18-24(32)20(22)8-2/h13-18H,7-12H2,1-6H3. The predicted molar refractivity (Wildman–Crippen MR) is 152 cm³/mol. The summed E-state index contributed by atoms with van der Waals surface area (Å²) in [6.07, 6.45) is 0.604. The number of halogens is 6. The van der Waals surface area contributed by atoms with Crippen molar-refractivity contribution in [1.82, 2.24) is 0 Å². The number of hydrogen-bond acceptors (Lipinski definition) is 5. The Morgan fingerprint density at radius 2 is 0.951 bits per heavy atom. The van der Waals surface area contributed by atoms with Crippen LogP contribution in [0.3, 0.4) is 0 Å². The maximum absolute atomic E-state index is 15.3. The second-order valence-corrected chi connectivity index (χ2v) is 12.6. The molecule has 11 heteroatoms. The monoisotopic (exact) mass is 622 g/mol. The highest BCUT2D eigenvalue weighted by atomic mass is 32.2. The maximum Gasteiger partial charge on any atom is 0.396 e. The Kier molecular flexibility index (Phi) is 11.9. The number of benzene rings is 2. The van der Waals surface area contributed by atoms with E-state index < -0.39 is 43.6 Å². The molecule has 0 heterocycles. The predicted octanol–water partition coefficient (Wildman–Crippen LogP) is 9.54. The van der Waals surface area contributed by atoms with E-state index >= 15 is 17.6 Å². The van der Waals surface area contributed by atoms with Crippen molar-refractivity contribution in [2.45, 2.75) is 100 Å². The summed E-state index contributed by atoms with van der Waals surface area (Å²) in [4.78, 5) is 25.0. The summed E-state index contributed by atoms with van der Waals surface area (Å²) in [6, 6.07) is 8.13. The molecular weight excluding hydrogens is 586 g/mol.